The van der Waals surface area contributed by atoms with Gasteiger partial charge in [-0.05, 0) is 43.3 Å². The first-order valence-corrected chi connectivity index (χ1v) is 8.23. The predicted octanol–water partition coefficient (Wildman–Crippen LogP) is 3.85. The number of anilines is 1. The monoisotopic (exact) mass is 302 g/mol. The van der Waals surface area contributed by atoms with Gasteiger partial charge in [-0.2, -0.15) is 0 Å². The highest BCUT2D eigenvalue weighted by Gasteiger charge is 2.11. The number of carbonyl (C=O) groups excluding carboxylic acids is 1. The highest BCUT2D eigenvalue weighted by atomic mass is 32.1. The lowest BCUT2D eigenvalue weighted by Gasteiger charge is -2.12. The lowest BCUT2D eigenvalue weighted by atomic mass is 10.1. The third-order valence-electron chi connectivity index (χ3n) is 3.22. The van der Waals surface area contributed by atoms with Crippen molar-refractivity contribution < 1.29 is 4.79 Å². The molecule has 2 N–H and O–H groups in total. The van der Waals surface area contributed by atoms with Crippen LogP contribution in [0, 0.1) is 6.92 Å². The quantitative estimate of drug-likeness (QED) is 0.815. The molecule has 0 aliphatic heterocycles. The number of nitrogens with one attached hydrogen (secondary N) is 2. The highest BCUT2D eigenvalue weighted by Crippen LogP contribution is 2.17. The Bertz CT molecular complexity index is 578. The van der Waals surface area contributed by atoms with Crippen LogP contribution in [-0.2, 0) is 6.42 Å². The van der Waals surface area contributed by atoms with E-state index in [1.807, 2.05) is 31.2 Å². The average molecular weight is 302 g/mol. The lowest BCUT2D eigenvalue weighted by Crippen LogP contribution is -2.26. The minimum absolute atomic E-state index is 0.00569. The first-order valence-electron chi connectivity index (χ1n) is 7.36. The van der Waals surface area contributed by atoms with E-state index in [1.165, 1.54) is 4.88 Å². The fourth-order valence-corrected chi connectivity index (χ4v) is 2.82. The first-order chi connectivity index (χ1) is 10.2. The third-order valence-corrected chi connectivity index (χ3v) is 4.16. The number of thiophene rings is 1. The number of aryl methyl sites for hydroxylation is 1. The minimum Gasteiger partial charge on any atom is -0.384 e. The van der Waals surface area contributed by atoms with E-state index in [1.54, 1.807) is 11.3 Å². The van der Waals surface area contributed by atoms with Gasteiger partial charge >= 0.3 is 0 Å². The number of benzene rings is 1. The fraction of sp³-hybridized carbons (Fsp3) is 0.353. The molecule has 0 bridgehead atoms. The molecule has 1 aromatic carbocycles. The second-order valence-corrected chi connectivity index (χ2v) is 6.09. The molecule has 4 heteroatoms. The maximum absolute atomic E-state index is 12.4. The minimum atomic E-state index is -0.00569. The molecular formula is C17H22N2OS. The van der Waals surface area contributed by atoms with Crippen molar-refractivity contribution in [2.75, 3.05) is 18.4 Å². The van der Waals surface area contributed by atoms with Gasteiger partial charge in [-0.1, -0.05) is 24.6 Å². The van der Waals surface area contributed by atoms with Crippen molar-refractivity contribution in [2.45, 2.75) is 26.7 Å². The van der Waals surface area contributed by atoms with E-state index >= 15 is 0 Å². The Hall–Kier alpha value is -1.81. The maximum atomic E-state index is 12.4. The molecule has 0 spiro atoms. The second-order valence-electron chi connectivity index (χ2n) is 5.06. The summed E-state index contributed by atoms with van der Waals surface area (Å²) in [5, 5.41) is 8.39. The van der Waals surface area contributed by atoms with Crippen LogP contribution in [0.2, 0.25) is 0 Å². The van der Waals surface area contributed by atoms with E-state index in [-0.39, 0.29) is 5.91 Å². The average Bonchev–Trinajstić information content (AvgIpc) is 2.99. The summed E-state index contributed by atoms with van der Waals surface area (Å²) in [5.41, 5.74) is 2.74. The van der Waals surface area contributed by atoms with Gasteiger partial charge in [0, 0.05) is 23.7 Å². The summed E-state index contributed by atoms with van der Waals surface area (Å²) in [5.74, 6) is -0.00569. The zero-order valence-corrected chi connectivity index (χ0v) is 13.4. The van der Waals surface area contributed by atoms with Gasteiger partial charge in [-0.15, -0.1) is 11.3 Å². The molecule has 0 aliphatic carbocycles. The van der Waals surface area contributed by atoms with Gasteiger partial charge in [0.05, 0.1) is 5.56 Å². The van der Waals surface area contributed by atoms with Crippen LogP contribution in [0.25, 0.3) is 0 Å². The summed E-state index contributed by atoms with van der Waals surface area (Å²) < 4.78 is 0. The van der Waals surface area contributed by atoms with Crippen LogP contribution in [0.15, 0.2) is 35.7 Å². The van der Waals surface area contributed by atoms with Crippen LogP contribution in [0.4, 0.5) is 5.69 Å². The van der Waals surface area contributed by atoms with E-state index in [9.17, 15) is 4.79 Å². The molecule has 0 saturated carbocycles. The smallest absolute Gasteiger partial charge is 0.253 e. The Labute approximate surface area is 130 Å². The van der Waals surface area contributed by atoms with E-state index in [0.29, 0.717) is 6.54 Å². The van der Waals surface area contributed by atoms with Crippen molar-refractivity contribution in [3.8, 4) is 0 Å². The van der Waals surface area contributed by atoms with Gasteiger partial charge in [-0.25, -0.2) is 0 Å². The molecule has 0 atom stereocenters. The van der Waals surface area contributed by atoms with Crippen molar-refractivity contribution in [1.82, 2.24) is 5.32 Å². The molecule has 0 saturated heterocycles. The molecule has 0 fully saturated rings. The summed E-state index contributed by atoms with van der Waals surface area (Å²) in [6.07, 6.45) is 1.92. The summed E-state index contributed by atoms with van der Waals surface area (Å²) in [6, 6.07) is 10.1. The fourth-order valence-electron chi connectivity index (χ4n) is 2.11. The number of rotatable bonds is 7. The van der Waals surface area contributed by atoms with E-state index in [0.717, 1.165) is 36.2 Å². The molecule has 21 heavy (non-hydrogen) atoms. The Balaban J connectivity index is 1.98. The molecule has 1 heterocycles. The summed E-state index contributed by atoms with van der Waals surface area (Å²) >= 11 is 1.72. The first kappa shape index (κ1) is 15.6. The molecule has 3 nitrogen and oxygen atoms in total. The molecule has 112 valence electrons. The summed E-state index contributed by atoms with van der Waals surface area (Å²) in [7, 11) is 0. The van der Waals surface area contributed by atoms with E-state index in [2.05, 4.69) is 29.0 Å². The standard InChI is InChI=1S/C17H22N2OS/c1-3-9-18-16-7-6-13(2)12-15(16)17(20)19-10-8-14-5-4-11-21-14/h4-7,11-12,18H,3,8-10H2,1-2H3,(H,19,20). The predicted molar refractivity (Wildman–Crippen MR) is 90.3 cm³/mol. The number of hydrogen-bond acceptors (Lipinski definition) is 3. The van der Waals surface area contributed by atoms with Gasteiger partial charge in [-0.3, -0.25) is 4.79 Å². The molecule has 1 amide bonds. The van der Waals surface area contributed by atoms with Crippen LogP contribution in [-0.4, -0.2) is 19.0 Å². The second kappa shape index (κ2) is 7.84. The molecule has 2 rings (SSSR count). The molecular weight excluding hydrogens is 280 g/mol. The van der Waals surface area contributed by atoms with Gasteiger partial charge < -0.3 is 10.6 Å². The van der Waals surface area contributed by atoms with Crippen LogP contribution < -0.4 is 10.6 Å². The molecule has 2 aromatic rings. The van der Waals surface area contributed by atoms with Crippen molar-refractivity contribution >= 4 is 22.9 Å². The Morgan fingerprint density at radius 3 is 2.81 bits per heavy atom. The largest absolute Gasteiger partial charge is 0.384 e. The van der Waals surface area contributed by atoms with Crippen molar-refractivity contribution in [1.29, 1.82) is 0 Å². The summed E-state index contributed by atoms with van der Waals surface area (Å²) in [4.78, 5) is 13.7. The molecule has 1 aromatic heterocycles. The number of carbonyl (C=O) groups is 1. The Morgan fingerprint density at radius 1 is 1.24 bits per heavy atom. The van der Waals surface area contributed by atoms with E-state index < -0.39 is 0 Å². The SMILES string of the molecule is CCCNc1ccc(C)cc1C(=O)NCCc1cccs1. The molecule has 0 unspecified atom stereocenters. The summed E-state index contributed by atoms with van der Waals surface area (Å²) in [6.45, 7) is 5.66. The van der Waals surface area contributed by atoms with Gasteiger partial charge in [0.15, 0.2) is 0 Å². The van der Waals surface area contributed by atoms with Gasteiger partial charge in [0.25, 0.3) is 5.91 Å². The zero-order valence-electron chi connectivity index (χ0n) is 12.6. The Morgan fingerprint density at radius 2 is 2.10 bits per heavy atom. The topological polar surface area (TPSA) is 41.1 Å². The number of amides is 1. The van der Waals surface area contributed by atoms with Crippen LogP contribution in [0.3, 0.4) is 0 Å². The van der Waals surface area contributed by atoms with E-state index in [4.69, 9.17) is 0 Å². The normalized spacial score (nSPS) is 10.4. The number of hydrogen-bond donors (Lipinski definition) is 2. The van der Waals surface area contributed by atoms with Crippen molar-refractivity contribution in [3.63, 3.8) is 0 Å². The van der Waals surface area contributed by atoms with Crippen molar-refractivity contribution in [2.24, 2.45) is 0 Å². The zero-order chi connectivity index (χ0) is 15.1. The lowest BCUT2D eigenvalue weighted by molar-refractivity contribution is 0.0955. The molecule has 0 radical (unpaired) electrons. The third kappa shape index (κ3) is 4.60. The van der Waals surface area contributed by atoms with Crippen LogP contribution in [0.5, 0.6) is 0 Å². The van der Waals surface area contributed by atoms with Gasteiger partial charge in [0.2, 0.25) is 0 Å². The van der Waals surface area contributed by atoms with Crippen molar-refractivity contribution in [3.05, 3.63) is 51.7 Å². The van der Waals surface area contributed by atoms with Crippen LogP contribution >= 0.6 is 11.3 Å². The Kier molecular flexibility index (Phi) is 5.81. The maximum Gasteiger partial charge on any atom is 0.253 e. The molecule has 0 aliphatic rings. The van der Waals surface area contributed by atoms with Crippen LogP contribution in [0.1, 0.15) is 34.1 Å². The van der Waals surface area contributed by atoms with Gasteiger partial charge in [0.1, 0.15) is 0 Å². The highest BCUT2D eigenvalue weighted by molar-refractivity contribution is 7.09.